The van der Waals surface area contributed by atoms with Crippen LogP contribution in [0.5, 0.6) is 0 Å². The summed E-state index contributed by atoms with van der Waals surface area (Å²) in [5.74, 6) is 0. The van der Waals surface area contributed by atoms with Gasteiger partial charge in [-0.2, -0.15) is 0 Å². The van der Waals surface area contributed by atoms with Crippen molar-refractivity contribution in [2.24, 2.45) is 0 Å². The van der Waals surface area contributed by atoms with Gasteiger partial charge in [-0.25, -0.2) is 0 Å². The summed E-state index contributed by atoms with van der Waals surface area (Å²) in [6.07, 6.45) is 29.3. The van der Waals surface area contributed by atoms with Gasteiger partial charge < -0.3 is 0 Å². The van der Waals surface area contributed by atoms with Gasteiger partial charge in [0.1, 0.15) is 0 Å². The SMILES string of the molecule is CCCCCC/C=C/CCCCCCCCCCCCCCC(=O)Cl. The normalized spacial score (nSPS) is 11.4. The van der Waals surface area contributed by atoms with Gasteiger partial charge in [-0.1, -0.05) is 103 Å². The average Bonchev–Trinajstić information content (AvgIpc) is 2.60. The van der Waals surface area contributed by atoms with Gasteiger partial charge in [-0.15, -0.1) is 0 Å². The Morgan fingerprint density at radius 2 is 0.960 bits per heavy atom. The molecular weight excluding hydrogens is 328 g/mol. The van der Waals surface area contributed by atoms with E-state index in [1.807, 2.05) is 0 Å². The van der Waals surface area contributed by atoms with Crippen molar-refractivity contribution >= 4 is 16.8 Å². The fraction of sp³-hybridized carbons (Fsp3) is 0.870. The molecule has 1 nitrogen and oxygen atoms in total. The van der Waals surface area contributed by atoms with Gasteiger partial charge in [0.2, 0.25) is 5.24 Å². The highest BCUT2D eigenvalue weighted by atomic mass is 35.5. The molecule has 0 aliphatic heterocycles. The van der Waals surface area contributed by atoms with Crippen LogP contribution in [0.15, 0.2) is 12.2 Å². The van der Waals surface area contributed by atoms with Gasteiger partial charge in [-0.05, 0) is 43.7 Å². The summed E-state index contributed by atoms with van der Waals surface area (Å²) < 4.78 is 0. The summed E-state index contributed by atoms with van der Waals surface area (Å²) in [5, 5.41) is -0.182. The molecule has 0 saturated heterocycles. The van der Waals surface area contributed by atoms with Crippen LogP contribution in [-0.2, 0) is 4.79 Å². The lowest BCUT2D eigenvalue weighted by Gasteiger charge is -2.02. The molecule has 0 aromatic rings. The molecule has 148 valence electrons. The number of carbonyl (C=O) groups is 1. The third-order valence-electron chi connectivity index (χ3n) is 4.89. The van der Waals surface area contributed by atoms with Crippen molar-refractivity contribution < 1.29 is 4.79 Å². The number of hydrogen-bond acceptors (Lipinski definition) is 1. The fourth-order valence-corrected chi connectivity index (χ4v) is 3.35. The maximum atomic E-state index is 10.6. The van der Waals surface area contributed by atoms with E-state index in [-0.39, 0.29) is 5.24 Å². The molecule has 0 aliphatic carbocycles. The zero-order chi connectivity index (χ0) is 18.4. The minimum absolute atomic E-state index is 0.182. The van der Waals surface area contributed by atoms with Crippen LogP contribution in [0.2, 0.25) is 0 Å². The van der Waals surface area contributed by atoms with Crippen molar-refractivity contribution in [1.82, 2.24) is 0 Å². The molecular formula is C23H43ClO. The highest BCUT2D eigenvalue weighted by molar-refractivity contribution is 6.63. The predicted octanol–water partition coefficient (Wildman–Crippen LogP) is 8.74. The molecule has 0 N–H and O–H groups in total. The van der Waals surface area contributed by atoms with Gasteiger partial charge in [-0.3, -0.25) is 4.79 Å². The molecule has 0 saturated carbocycles. The Labute approximate surface area is 163 Å². The van der Waals surface area contributed by atoms with Crippen molar-refractivity contribution in [2.75, 3.05) is 0 Å². The Balaban J connectivity index is 3.05. The Morgan fingerprint density at radius 3 is 1.36 bits per heavy atom. The average molecular weight is 371 g/mol. The molecule has 0 atom stereocenters. The maximum absolute atomic E-state index is 10.6. The molecule has 0 fully saturated rings. The third-order valence-corrected chi connectivity index (χ3v) is 5.07. The van der Waals surface area contributed by atoms with Crippen LogP contribution < -0.4 is 0 Å². The van der Waals surface area contributed by atoms with Gasteiger partial charge in [0.25, 0.3) is 0 Å². The van der Waals surface area contributed by atoms with E-state index in [9.17, 15) is 4.79 Å². The summed E-state index contributed by atoms with van der Waals surface area (Å²) in [4.78, 5) is 10.6. The van der Waals surface area contributed by atoms with Crippen molar-refractivity contribution in [1.29, 1.82) is 0 Å². The zero-order valence-corrected chi connectivity index (χ0v) is 17.6. The van der Waals surface area contributed by atoms with E-state index in [2.05, 4.69) is 19.1 Å². The maximum Gasteiger partial charge on any atom is 0.221 e. The number of rotatable bonds is 20. The molecule has 25 heavy (non-hydrogen) atoms. The minimum atomic E-state index is -0.182. The molecule has 0 bridgehead atoms. The lowest BCUT2D eigenvalue weighted by Crippen LogP contribution is -1.86. The molecule has 0 spiro atoms. The van der Waals surface area contributed by atoms with E-state index in [4.69, 9.17) is 11.6 Å². The van der Waals surface area contributed by atoms with Crippen molar-refractivity contribution in [2.45, 2.75) is 129 Å². The van der Waals surface area contributed by atoms with Gasteiger partial charge >= 0.3 is 0 Å². The highest BCUT2D eigenvalue weighted by Gasteiger charge is 1.96. The van der Waals surface area contributed by atoms with E-state index in [0.29, 0.717) is 6.42 Å². The molecule has 0 radical (unpaired) electrons. The molecule has 0 aliphatic rings. The standard InChI is InChI=1S/C23H43ClO/c1-2-3-4-5-6-7-8-9-10-11-12-13-14-15-16-17-18-19-20-21-22-23(24)25/h7-8H,2-6,9-22H2,1H3/b8-7+. The summed E-state index contributed by atoms with van der Waals surface area (Å²) >= 11 is 5.32. The summed E-state index contributed by atoms with van der Waals surface area (Å²) in [5.41, 5.74) is 0. The van der Waals surface area contributed by atoms with Crippen LogP contribution in [-0.4, -0.2) is 5.24 Å². The number of hydrogen-bond donors (Lipinski definition) is 0. The number of allylic oxidation sites excluding steroid dienone is 2. The minimum Gasteiger partial charge on any atom is -0.281 e. The summed E-state index contributed by atoms with van der Waals surface area (Å²) in [7, 11) is 0. The second-order valence-electron chi connectivity index (χ2n) is 7.46. The highest BCUT2D eigenvalue weighted by Crippen LogP contribution is 2.13. The largest absolute Gasteiger partial charge is 0.281 e. The first kappa shape index (κ1) is 24.7. The molecule has 0 amide bonds. The lowest BCUT2D eigenvalue weighted by atomic mass is 10.0. The number of carbonyl (C=O) groups excluding carboxylic acids is 1. The van der Waals surface area contributed by atoms with Crippen LogP contribution in [0, 0.1) is 0 Å². The van der Waals surface area contributed by atoms with Crippen LogP contribution in [0.25, 0.3) is 0 Å². The van der Waals surface area contributed by atoms with Crippen LogP contribution in [0.1, 0.15) is 129 Å². The first-order valence-corrected chi connectivity index (χ1v) is 11.5. The number of halogens is 1. The Morgan fingerprint density at radius 1 is 0.600 bits per heavy atom. The topological polar surface area (TPSA) is 17.1 Å². The van der Waals surface area contributed by atoms with Gasteiger partial charge in [0.15, 0.2) is 0 Å². The van der Waals surface area contributed by atoms with Crippen molar-refractivity contribution in [3.8, 4) is 0 Å². The first-order chi connectivity index (χ1) is 12.3. The van der Waals surface area contributed by atoms with E-state index >= 15 is 0 Å². The molecule has 0 aromatic carbocycles. The smallest absolute Gasteiger partial charge is 0.221 e. The monoisotopic (exact) mass is 370 g/mol. The molecule has 0 heterocycles. The second-order valence-corrected chi connectivity index (χ2v) is 7.88. The van der Waals surface area contributed by atoms with Crippen molar-refractivity contribution in [3.63, 3.8) is 0 Å². The quantitative estimate of drug-likeness (QED) is 0.119. The fourth-order valence-electron chi connectivity index (χ4n) is 3.22. The van der Waals surface area contributed by atoms with Crippen LogP contribution in [0.3, 0.4) is 0 Å². The van der Waals surface area contributed by atoms with E-state index in [0.717, 1.165) is 12.8 Å². The van der Waals surface area contributed by atoms with Crippen LogP contribution >= 0.6 is 11.6 Å². The van der Waals surface area contributed by atoms with E-state index in [1.165, 1.54) is 103 Å². The molecule has 2 heteroatoms. The van der Waals surface area contributed by atoms with Crippen molar-refractivity contribution in [3.05, 3.63) is 12.2 Å². The van der Waals surface area contributed by atoms with Gasteiger partial charge in [0.05, 0.1) is 0 Å². The predicted molar refractivity (Wildman–Crippen MR) is 113 cm³/mol. The second kappa shape index (κ2) is 21.7. The lowest BCUT2D eigenvalue weighted by molar-refractivity contribution is -0.111. The van der Waals surface area contributed by atoms with Crippen LogP contribution in [0.4, 0.5) is 0 Å². The Hall–Kier alpha value is -0.300. The number of unbranched alkanes of at least 4 members (excludes halogenated alkanes) is 16. The Bertz CT molecular complexity index is 298. The molecule has 0 unspecified atom stereocenters. The third kappa shape index (κ3) is 23.7. The van der Waals surface area contributed by atoms with E-state index < -0.39 is 0 Å². The molecule has 0 aromatic heterocycles. The molecule has 0 rings (SSSR count). The summed E-state index contributed by atoms with van der Waals surface area (Å²) in [6, 6.07) is 0. The first-order valence-electron chi connectivity index (χ1n) is 11.1. The zero-order valence-electron chi connectivity index (χ0n) is 16.9. The summed E-state index contributed by atoms with van der Waals surface area (Å²) in [6.45, 7) is 2.27. The Kier molecular flexibility index (Phi) is 21.5. The van der Waals surface area contributed by atoms with Gasteiger partial charge in [0, 0.05) is 6.42 Å². The van der Waals surface area contributed by atoms with E-state index in [1.54, 1.807) is 0 Å².